The van der Waals surface area contributed by atoms with Gasteiger partial charge in [-0.25, -0.2) is 0 Å². The van der Waals surface area contributed by atoms with Crippen molar-refractivity contribution in [3.05, 3.63) is 53.6 Å². The third-order valence-corrected chi connectivity index (χ3v) is 2.58. The second-order valence-electron chi connectivity index (χ2n) is 3.97. The quantitative estimate of drug-likeness (QED) is 0.572. The first-order chi connectivity index (χ1) is 8.56. The number of Topliss-reactive ketones (excluding diaryl/α,β-unsaturated/α-hetero) is 1. The predicted octanol–water partition coefficient (Wildman–Crippen LogP) is 2.23. The zero-order valence-corrected chi connectivity index (χ0v) is 9.50. The summed E-state index contributed by atoms with van der Waals surface area (Å²) in [5, 5.41) is 27.8. The highest BCUT2D eigenvalue weighted by Gasteiger charge is 2.12. The Balaban J connectivity index is 2.19. The van der Waals surface area contributed by atoms with E-state index in [2.05, 4.69) is 0 Å². The van der Waals surface area contributed by atoms with Crippen molar-refractivity contribution in [1.82, 2.24) is 0 Å². The smallest absolute Gasteiger partial charge is 0.170 e. The molecule has 0 fully saturated rings. The van der Waals surface area contributed by atoms with E-state index in [0.717, 1.165) is 11.6 Å². The maximum Gasteiger partial charge on any atom is 0.170 e. The summed E-state index contributed by atoms with van der Waals surface area (Å²) >= 11 is 0. The van der Waals surface area contributed by atoms with Gasteiger partial charge in [-0.1, -0.05) is 12.1 Å². The summed E-state index contributed by atoms with van der Waals surface area (Å²) in [5.74, 6) is -0.440. The highest BCUT2D eigenvalue weighted by Crippen LogP contribution is 2.24. The van der Waals surface area contributed by atoms with Crippen LogP contribution < -0.4 is 0 Å². The Morgan fingerprint density at radius 1 is 0.889 bits per heavy atom. The first kappa shape index (κ1) is 12.0. The molecule has 0 aliphatic rings. The Morgan fingerprint density at radius 3 is 2.11 bits per heavy atom. The molecule has 0 aromatic heterocycles. The molecule has 18 heavy (non-hydrogen) atoms. The standard InChI is InChI=1S/C14H12O4/c15-10-3-1-9(2-4-10)7-13(17)12-6-5-11(16)8-14(12)18/h1-6,8,15-16,18H,7H2/i13+1. The second kappa shape index (κ2) is 4.79. The number of aromatic hydroxyl groups is 3. The topological polar surface area (TPSA) is 77.8 Å². The molecule has 0 atom stereocenters. The summed E-state index contributed by atoms with van der Waals surface area (Å²) in [7, 11) is 0. The number of phenols is 3. The van der Waals surface area contributed by atoms with Crippen LogP contribution in [-0.2, 0) is 6.42 Å². The van der Waals surface area contributed by atoms with Crippen molar-refractivity contribution in [2.24, 2.45) is 0 Å². The molecule has 2 aromatic rings. The number of ketones is 1. The van der Waals surface area contributed by atoms with Crippen LogP contribution >= 0.6 is 0 Å². The number of hydrogen-bond acceptors (Lipinski definition) is 4. The van der Waals surface area contributed by atoms with Crippen molar-refractivity contribution < 1.29 is 20.1 Å². The summed E-state index contributed by atoms with van der Waals surface area (Å²) in [4.78, 5) is 11.9. The largest absolute Gasteiger partial charge is 0.508 e. The van der Waals surface area contributed by atoms with Gasteiger partial charge in [0.15, 0.2) is 5.78 Å². The van der Waals surface area contributed by atoms with Gasteiger partial charge >= 0.3 is 0 Å². The molecule has 0 amide bonds. The molecule has 0 aliphatic heterocycles. The average molecular weight is 245 g/mol. The molecule has 0 heterocycles. The first-order valence-electron chi connectivity index (χ1n) is 5.39. The van der Waals surface area contributed by atoms with Gasteiger partial charge in [0.05, 0.1) is 5.56 Å². The maximum absolute atomic E-state index is 11.9. The summed E-state index contributed by atoms with van der Waals surface area (Å²) in [6.07, 6.45) is 0.124. The van der Waals surface area contributed by atoms with Gasteiger partial charge in [0, 0.05) is 12.5 Å². The highest BCUT2D eigenvalue weighted by atomic mass is 16.3. The van der Waals surface area contributed by atoms with Crippen molar-refractivity contribution in [2.75, 3.05) is 0 Å². The number of carbonyl (C=O) groups excluding carboxylic acids is 1. The molecule has 2 rings (SSSR count). The van der Waals surface area contributed by atoms with Gasteiger partial charge in [0.2, 0.25) is 0 Å². The number of carbonyl (C=O) groups is 1. The molecule has 4 nitrogen and oxygen atoms in total. The molecule has 0 radical (unpaired) electrons. The Hall–Kier alpha value is -2.49. The number of hydrogen-bond donors (Lipinski definition) is 3. The third-order valence-electron chi connectivity index (χ3n) is 2.58. The molecule has 0 bridgehead atoms. The summed E-state index contributed by atoms with van der Waals surface area (Å²) < 4.78 is 0. The molecule has 0 aliphatic carbocycles. The fraction of sp³-hybridized carbons (Fsp3) is 0.0714. The Bertz CT molecular complexity index is 573. The van der Waals surface area contributed by atoms with Gasteiger partial charge in [0.25, 0.3) is 0 Å². The number of rotatable bonds is 3. The van der Waals surface area contributed by atoms with Crippen LogP contribution in [0.2, 0.25) is 0 Å². The van der Waals surface area contributed by atoms with Gasteiger partial charge in [-0.3, -0.25) is 4.79 Å². The fourth-order valence-corrected chi connectivity index (χ4v) is 1.65. The van der Waals surface area contributed by atoms with Crippen molar-refractivity contribution in [1.29, 1.82) is 0 Å². The molecule has 0 unspecified atom stereocenters. The highest BCUT2D eigenvalue weighted by molar-refractivity contribution is 6.00. The zero-order chi connectivity index (χ0) is 13.1. The van der Waals surface area contributed by atoms with Gasteiger partial charge < -0.3 is 15.3 Å². The van der Waals surface area contributed by atoms with E-state index in [-0.39, 0.29) is 35.0 Å². The van der Waals surface area contributed by atoms with Crippen LogP contribution in [0.5, 0.6) is 17.2 Å². The van der Waals surface area contributed by atoms with Gasteiger partial charge in [-0.05, 0) is 29.8 Å². The van der Waals surface area contributed by atoms with E-state index in [1.807, 2.05) is 0 Å². The first-order valence-corrected chi connectivity index (χ1v) is 5.39. The van der Waals surface area contributed by atoms with Crippen LogP contribution in [0.3, 0.4) is 0 Å². The van der Waals surface area contributed by atoms with Crippen molar-refractivity contribution >= 4 is 5.78 Å². The second-order valence-corrected chi connectivity index (χ2v) is 3.97. The lowest BCUT2D eigenvalue weighted by Gasteiger charge is -2.04. The van der Waals surface area contributed by atoms with Crippen LogP contribution in [0.15, 0.2) is 42.5 Å². The minimum atomic E-state index is -0.252. The summed E-state index contributed by atoms with van der Waals surface area (Å²) in [6, 6.07) is 10.1. The van der Waals surface area contributed by atoms with Crippen molar-refractivity contribution in [3.8, 4) is 17.2 Å². The van der Waals surface area contributed by atoms with E-state index in [9.17, 15) is 9.90 Å². The van der Waals surface area contributed by atoms with Gasteiger partial charge in [-0.15, -0.1) is 0 Å². The fourth-order valence-electron chi connectivity index (χ4n) is 1.65. The molecular weight excluding hydrogens is 233 g/mol. The molecule has 3 N–H and O–H groups in total. The predicted molar refractivity (Wildman–Crippen MR) is 65.9 cm³/mol. The Kier molecular flexibility index (Phi) is 3.19. The van der Waals surface area contributed by atoms with E-state index < -0.39 is 0 Å². The zero-order valence-electron chi connectivity index (χ0n) is 9.50. The van der Waals surface area contributed by atoms with Crippen LogP contribution in [0.25, 0.3) is 0 Å². The molecule has 92 valence electrons. The third kappa shape index (κ3) is 2.60. The van der Waals surface area contributed by atoms with Gasteiger partial charge in [-0.2, -0.15) is 0 Å². The SMILES string of the molecule is O=[13C](Cc1ccc(O)cc1)c1ccc(O)cc1O. The molecule has 0 spiro atoms. The molecule has 4 heteroatoms. The van der Waals surface area contributed by atoms with E-state index in [4.69, 9.17) is 10.2 Å². The van der Waals surface area contributed by atoms with Crippen LogP contribution in [0, 0.1) is 0 Å². The lowest BCUT2D eigenvalue weighted by Crippen LogP contribution is -2.03. The summed E-state index contributed by atoms with van der Waals surface area (Å²) in [6.45, 7) is 0. The molecular formula is C14H12O4. The van der Waals surface area contributed by atoms with Crippen LogP contribution in [-0.4, -0.2) is 21.1 Å². The van der Waals surface area contributed by atoms with Crippen LogP contribution in [0.4, 0.5) is 0 Å². The number of phenolic OH excluding ortho intramolecular Hbond substituents is 3. The molecule has 0 saturated carbocycles. The molecule has 0 saturated heterocycles. The van der Waals surface area contributed by atoms with Crippen LogP contribution in [0.1, 0.15) is 15.9 Å². The molecule has 2 aromatic carbocycles. The summed E-state index contributed by atoms with van der Waals surface area (Å²) in [5.41, 5.74) is 0.908. The normalized spacial score (nSPS) is 10.2. The van der Waals surface area contributed by atoms with E-state index >= 15 is 0 Å². The van der Waals surface area contributed by atoms with Gasteiger partial charge in [0.1, 0.15) is 17.2 Å². The monoisotopic (exact) mass is 245 g/mol. The lowest BCUT2D eigenvalue weighted by atomic mass is 10.1. The van der Waals surface area contributed by atoms with E-state index in [1.54, 1.807) is 12.1 Å². The number of benzene rings is 2. The van der Waals surface area contributed by atoms with E-state index in [1.165, 1.54) is 24.3 Å². The minimum absolute atomic E-state index is 0.0892. The maximum atomic E-state index is 11.9. The van der Waals surface area contributed by atoms with Crippen molar-refractivity contribution in [2.45, 2.75) is 6.42 Å². The lowest BCUT2D eigenvalue weighted by molar-refractivity contribution is 0.0990. The Labute approximate surface area is 104 Å². The van der Waals surface area contributed by atoms with Crippen molar-refractivity contribution in [3.63, 3.8) is 0 Å². The Morgan fingerprint density at radius 2 is 1.50 bits per heavy atom. The minimum Gasteiger partial charge on any atom is -0.508 e. The average Bonchev–Trinajstić information content (AvgIpc) is 2.32. The van der Waals surface area contributed by atoms with E-state index in [0.29, 0.717) is 0 Å².